The second-order valence-corrected chi connectivity index (χ2v) is 10.8. The fraction of sp³-hybridized carbons (Fsp3) is 0.517. The van der Waals surface area contributed by atoms with Crippen LogP contribution in [0.1, 0.15) is 42.5 Å². The molecule has 0 radical (unpaired) electrons. The lowest BCUT2D eigenvalue weighted by atomic mass is 9.86. The van der Waals surface area contributed by atoms with E-state index in [1.807, 2.05) is 20.8 Å². The summed E-state index contributed by atoms with van der Waals surface area (Å²) in [6.45, 7) is 9.04. The molecular formula is C29H38ClN5O5. The number of halogens is 1. The van der Waals surface area contributed by atoms with Crippen molar-refractivity contribution in [2.45, 2.75) is 59.1 Å². The number of amides is 1. The van der Waals surface area contributed by atoms with Crippen LogP contribution in [0.25, 0.3) is 22.6 Å². The summed E-state index contributed by atoms with van der Waals surface area (Å²) in [5.74, 6) is 2.04. The topological polar surface area (TPSA) is 123 Å². The maximum absolute atomic E-state index is 12.1. The van der Waals surface area contributed by atoms with Crippen LogP contribution in [-0.4, -0.2) is 77.2 Å². The Morgan fingerprint density at radius 2 is 2.08 bits per heavy atom. The van der Waals surface area contributed by atoms with E-state index in [9.17, 15) is 9.90 Å². The number of hydrogen-bond acceptors (Lipinski definition) is 9. The van der Waals surface area contributed by atoms with Gasteiger partial charge in [-0.3, -0.25) is 0 Å². The van der Waals surface area contributed by atoms with Crippen molar-refractivity contribution in [3.05, 3.63) is 45.9 Å². The minimum Gasteiger partial charge on any atom is -0.491 e. The number of nitrogens with zero attached hydrogens (tertiary/aromatic N) is 4. The molecule has 40 heavy (non-hydrogen) atoms. The fourth-order valence-electron chi connectivity index (χ4n) is 5.32. The molecule has 3 atom stereocenters. The molecule has 3 heterocycles. The Labute approximate surface area is 240 Å². The van der Waals surface area contributed by atoms with Crippen molar-refractivity contribution < 1.29 is 23.9 Å². The highest BCUT2D eigenvalue weighted by molar-refractivity contribution is 6.33. The van der Waals surface area contributed by atoms with Gasteiger partial charge in [0.1, 0.15) is 24.2 Å². The molecule has 216 valence electrons. The molecule has 11 heteroatoms. The number of aromatic nitrogens is 3. The van der Waals surface area contributed by atoms with E-state index in [1.54, 1.807) is 30.1 Å². The van der Waals surface area contributed by atoms with Crippen molar-refractivity contribution in [2.24, 2.45) is 5.92 Å². The molecule has 1 aromatic carbocycles. The largest absolute Gasteiger partial charge is 0.491 e. The van der Waals surface area contributed by atoms with Gasteiger partial charge in [-0.15, -0.1) is 0 Å². The molecule has 1 saturated heterocycles. The van der Waals surface area contributed by atoms with Crippen LogP contribution in [-0.2, 0) is 11.2 Å². The van der Waals surface area contributed by atoms with Crippen LogP contribution in [0.5, 0.6) is 5.75 Å². The summed E-state index contributed by atoms with van der Waals surface area (Å²) in [5, 5.41) is 17.6. The van der Waals surface area contributed by atoms with Gasteiger partial charge in [0.25, 0.3) is 0 Å². The number of hydrogen-bond donors (Lipinski definition) is 2. The second-order valence-electron chi connectivity index (χ2n) is 10.4. The van der Waals surface area contributed by atoms with Crippen LogP contribution in [0, 0.1) is 26.7 Å². The molecule has 4 rings (SSSR count). The smallest absolute Gasteiger partial charge is 0.409 e. The van der Waals surface area contributed by atoms with E-state index in [0.717, 1.165) is 47.5 Å². The number of methoxy groups -OCH3 is 1. The normalized spacial score (nSPS) is 18.1. The average Bonchev–Trinajstić information content (AvgIpc) is 3.26. The van der Waals surface area contributed by atoms with Crippen molar-refractivity contribution >= 4 is 17.7 Å². The molecule has 3 aromatic rings. The number of benzene rings is 1. The molecule has 1 aliphatic rings. The summed E-state index contributed by atoms with van der Waals surface area (Å²) in [6, 6.07) is 5.38. The van der Waals surface area contributed by atoms with Gasteiger partial charge in [-0.05, 0) is 83.7 Å². The lowest BCUT2D eigenvalue weighted by Gasteiger charge is -2.36. The summed E-state index contributed by atoms with van der Waals surface area (Å²) in [5.41, 5.74) is 4.84. The Morgan fingerprint density at radius 1 is 1.30 bits per heavy atom. The Balaban J connectivity index is 1.71. The first-order valence-corrected chi connectivity index (χ1v) is 13.9. The molecule has 0 aliphatic carbocycles. The number of nitrogens with one attached hydrogen (secondary N) is 1. The van der Waals surface area contributed by atoms with Crippen LogP contribution < -0.4 is 10.1 Å². The molecule has 0 spiro atoms. The third-order valence-corrected chi connectivity index (χ3v) is 7.78. The van der Waals surface area contributed by atoms with Gasteiger partial charge in [0.2, 0.25) is 0 Å². The first kappa shape index (κ1) is 29.8. The summed E-state index contributed by atoms with van der Waals surface area (Å²) in [7, 11) is 3.19. The first-order valence-electron chi connectivity index (χ1n) is 13.5. The molecule has 1 aliphatic heterocycles. The molecule has 0 unspecified atom stereocenters. The van der Waals surface area contributed by atoms with Crippen LogP contribution in [0.4, 0.5) is 4.79 Å². The van der Waals surface area contributed by atoms with Gasteiger partial charge in [0.15, 0.2) is 5.82 Å². The fourth-order valence-corrected chi connectivity index (χ4v) is 5.52. The number of rotatable bonds is 9. The van der Waals surface area contributed by atoms with Gasteiger partial charge in [0.05, 0.1) is 29.1 Å². The van der Waals surface area contributed by atoms with Crippen molar-refractivity contribution in [1.82, 2.24) is 25.3 Å². The zero-order valence-corrected chi connectivity index (χ0v) is 24.7. The van der Waals surface area contributed by atoms with E-state index in [0.29, 0.717) is 46.9 Å². The number of aliphatic hydroxyl groups excluding tert-OH is 1. The van der Waals surface area contributed by atoms with Gasteiger partial charge >= 0.3 is 6.09 Å². The number of carbonyl (C=O) groups excluding carboxylic acids is 1. The third kappa shape index (κ3) is 6.56. The number of carbonyl (C=O) groups is 1. The van der Waals surface area contributed by atoms with E-state index in [1.165, 1.54) is 7.11 Å². The van der Waals surface area contributed by atoms with E-state index < -0.39 is 6.10 Å². The number of aliphatic hydroxyl groups is 1. The van der Waals surface area contributed by atoms with Gasteiger partial charge in [-0.2, -0.15) is 0 Å². The standard InChI is InChI=1S/C29H38ClN5O5/c1-16-11-20(9-10-35(16)29(37)38-6)12-25-17(2)27(26-18(3)34-40-19(26)4)33-28(32-25)23-13-22(7-8-24(23)30)39-15-21(36)14-31-5/h7-8,13,16,20-21,31,36H,9-12,14-15H2,1-6H3/t16-,20+,21-/m1/s1. The molecule has 1 fully saturated rings. The number of likely N-dealkylation sites (tertiary alicyclic amines) is 1. The van der Waals surface area contributed by atoms with Crippen molar-refractivity contribution in [3.8, 4) is 28.4 Å². The first-order chi connectivity index (χ1) is 19.1. The quantitative estimate of drug-likeness (QED) is 0.374. The van der Waals surface area contributed by atoms with Gasteiger partial charge < -0.3 is 29.3 Å². The molecule has 10 nitrogen and oxygen atoms in total. The predicted octanol–water partition coefficient (Wildman–Crippen LogP) is 4.75. The zero-order chi connectivity index (χ0) is 29.0. The summed E-state index contributed by atoms with van der Waals surface area (Å²) >= 11 is 6.67. The maximum atomic E-state index is 12.1. The Bertz CT molecular complexity index is 1330. The highest BCUT2D eigenvalue weighted by atomic mass is 35.5. The van der Waals surface area contributed by atoms with E-state index in [-0.39, 0.29) is 18.7 Å². The minimum absolute atomic E-state index is 0.0661. The van der Waals surface area contributed by atoms with Crippen LogP contribution in [0.2, 0.25) is 5.02 Å². The van der Waals surface area contributed by atoms with Crippen molar-refractivity contribution in [1.29, 1.82) is 0 Å². The van der Waals surface area contributed by atoms with Crippen LogP contribution in [0.15, 0.2) is 22.7 Å². The van der Waals surface area contributed by atoms with E-state index >= 15 is 0 Å². The number of ether oxygens (including phenoxy) is 2. The molecule has 0 bridgehead atoms. The molecular weight excluding hydrogens is 534 g/mol. The van der Waals surface area contributed by atoms with Gasteiger partial charge in [0, 0.05) is 30.4 Å². The van der Waals surface area contributed by atoms with Crippen molar-refractivity contribution in [3.63, 3.8) is 0 Å². The summed E-state index contributed by atoms with van der Waals surface area (Å²) in [6.07, 6.45) is 1.47. The number of piperidine rings is 1. The molecule has 2 aromatic heterocycles. The van der Waals surface area contributed by atoms with Crippen LogP contribution >= 0.6 is 11.6 Å². The van der Waals surface area contributed by atoms with Gasteiger partial charge in [-0.1, -0.05) is 16.8 Å². The minimum atomic E-state index is -0.648. The van der Waals surface area contributed by atoms with Crippen LogP contribution in [0.3, 0.4) is 0 Å². The Hall–Kier alpha value is -3.21. The van der Waals surface area contributed by atoms with Gasteiger partial charge in [-0.25, -0.2) is 14.8 Å². The summed E-state index contributed by atoms with van der Waals surface area (Å²) in [4.78, 5) is 23.9. The lowest BCUT2D eigenvalue weighted by Crippen LogP contribution is -2.45. The molecule has 2 N–H and O–H groups in total. The monoisotopic (exact) mass is 571 g/mol. The average molecular weight is 572 g/mol. The Kier molecular flexibility index (Phi) is 9.65. The number of aryl methyl sites for hydroxylation is 2. The SMILES string of the molecule is CNC[C@@H](O)COc1ccc(Cl)c(-c2nc(C[C@H]3CCN(C(=O)OC)[C@H](C)C3)c(C)c(-c3c(C)noc3C)n2)c1. The molecule has 1 amide bonds. The highest BCUT2D eigenvalue weighted by Gasteiger charge is 2.31. The van der Waals surface area contributed by atoms with E-state index in [2.05, 4.69) is 17.4 Å². The third-order valence-electron chi connectivity index (χ3n) is 7.45. The molecule has 0 saturated carbocycles. The number of likely N-dealkylation sites (N-methyl/N-ethyl adjacent to an activating group) is 1. The summed E-state index contributed by atoms with van der Waals surface area (Å²) < 4.78 is 16.3. The lowest BCUT2D eigenvalue weighted by molar-refractivity contribution is 0.0809. The second kappa shape index (κ2) is 13.0. The highest BCUT2D eigenvalue weighted by Crippen LogP contribution is 2.36. The van der Waals surface area contributed by atoms with Crippen molar-refractivity contribution in [2.75, 3.05) is 33.9 Å². The zero-order valence-electron chi connectivity index (χ0n) is 24.0. The maximum Gasteiger partial charge on any atom is 0.409 e. The Morgan fingerprint density at radius 3 is 2.73 bits per heavy atom. The predicted molar refractivity (Wildman–Crippen MR) is 153 cm³/mol. The van der Waals surface area contributed by atoms with E-state index in [4.69, 9.17) is 35.6 Å².